The SMILES string of the molecule is CCCCCCCCCCCCC/C=C/[C@@H](O)[C@H](COP(=O)([O-])O)N(C)C. The van der Waals surface area contributed by atoms with Gasteiger partial charge in [-0.3, -0.25) is 4.57 Å². The molecule has 0 aromatic carbocycles. The molecule has 0 aliphatic rings. The van der Waals surface area contributed by atoms with Crippen molar-refractivity contribution in [2.24, 2.45) is 0 Å². The normalized spacial score (nSPS) is 16.7. The molecule has 0 fully saturated rings. The maximum atomic E-state index is 10.7. The van der Waals surface area contributed by atoms with Crippen LogP contribution in [-0.2, 0) is 9.09 Å². The largest absolute Gasteiger partial charge is 0.756 e. The first kappa shape index (κ1) is 26.8. The highest BCUT2D eigenvalue weighted by molar-refractivity contribution is 7.44. The lowest BCUT2D eigenvalue weighted by atomic mass is 10.0. The quantitative estimate of drug-likeness (QED) is 0.203. The van der Waals surface area contributed by atoms with Gasteiger partial charge < -0.3 is 24.3 Å². The van der Waals surface area contributed by atoms with E-state index in [9.17, 15) is 14.6 Å². The number of hydrogen-bond donors (Lipinski definition) is 2. The molecule has 0 rings (SSSR count). The fraction of sp³-hybridized carbons (Fsp3) is 0.900. The highest BCUT2D eigenvalue weighted by Gasteiger charge is 2.21. The molecule has 0 saturated heterocycles. The van der Waals surface area contributed by atoms with Crippen molar-refractivity contribution >= 4 is 7.82 Å². The standard InChI is InChI=1S/C20H42NO5P/c1-4-5-6-7-8-9-10-11-12-13-14-15-16-17-20(22)19(21(2)3)18-26-27(23,24)25/h16-17,19-20,22H,4-15,18H2,1-3H3,(H2,23,24,25)/p-1/b17-16+/t19-,20+/m0/s1. The van der Waals surface area contributed by atoms with E-state index in [2.05, 4.69) is 11.4 Å². The molecular weight excluding hydrogens is 365 g/mol. The average molecular weight is 407 g/mol. The first-order chi connectivity index (χ1) is 12.8. The number of likely N-dealkylation sites (N-methyl/N-ethyl adjacent to an activating group) is 1. The maximum Gasteiger partial charge on any atom is 0.265 e. The second kappa shape index (κ2) is 16.7. The summed E-state index contributed by atoms with van der Waals surface area (Å²) in [6.07, 6.45) is 18.0. The lowest BCUT2D eigenvalue weighted by molar-refractivity contribution is -0.221. The first-order valence-corrected chi connectivity index (χ1v) is 12.0. The Bertz CT molecular complexity index is 411. The third-order valence-corrected chi connectivity index (χ3v) is 5.25. The predicted molar refractivity (Wildman–Crippen MR) is 109 cm³/mol. The van der Waals surface area contributed by atoms with Gasteiger partial charge in [-0.25, -0.2) is 0 Å². The Hall–Kier alpha value is -0.230. The van der Waals surface area contributed by atoms with E-state index in [0.717, 1.165) is 12.8 Å². The van der Waals surface area contributed by atoms with E-state index in [-0.39, 0.29) is 6.61 Å². The molecule has 2 N–H and O–H groups in total. The molecule has 0 aromatic rings. The smallest absolute Gasteiger partial charge is 0.265 e. The van der Waals surface area contributed by atoms with E-state index in [1.54, 1.807) is 25.1 Å². The lowest BCUT2D eigenvalue weighted by Crippen LogP contribution is -2.41. The maximum absolute atomic E-state index is 10.7. The van der Waals surface area contributed by atoms with Crippen molar-refractivity contribution in [2.75, 3.05) is 20.7 Å². The monoisotopic (exact) mass is 406 g/mol. The van der Waals surface area contributed by atoms with Crippen molar-refractivity contribution in [1.29, 1.82) is 0 Å². The number of phosphoric acid groups is 1. The Morgan fingerprint density at radius 1 is 1.00 bits per heavy atom. The van der Waals surface area contributed by atoms with Gasteiger partial charge in [-0.2, -0.15) is 0 Å². The molecule has 0 amide bonds. The number of unbranched alkanes of at least 4 members (excludes halogenated alkanes) is 11. The molecule has 0 spiro atoms. The summed E-state index contributed by atoms with van der Waals surface area (Å²) in [5.41, 5.74) is 0. The van der Waals surface area contributed by atoms with Crippen molar-refractivity contribution in [1.82, 2.24) is 4.90 Å². The summed E-state index contributed by atoms with van der Waals surface area (Å²) in [4.78, 5) is 21.1. The van der Waals surface area contributed by atoms with E-state index in [0.29, 0.717) is 0 Å². The van der Waals surface area contributed by atoms with Crippen LogP contribution in [0.5, 0.6) is 0 Å². The van der Waals surface area contributed by atoms with E-state index >= 15 is 0 Å². The zero-order valence-electron chi connectivity index (χ0n) is 17.5. The van der Waals surface area contributed by atoms with Crippen LogP contribution in [-0.4, -0.2) is 47.7 Å². The topological polar surface area (TPSA) is 93.1 Å². The number of allylic oxidation sites excluding steroid dienone is 1. The van der Waals surface area contributed by atoms with Crippen LogP contribution < -0.4 is 4.89 Å². The highest BCUT2D eigenvalue weighted by Crippen LogP contribution is 2.30. The van der Waals surface area contributed by atoms with Gasteiger partial charge in [-0.05, 0) is 26.9 Å². The molecule has 6 nitrogen and oxygen atoms in total. The van der Waals surface area contributed by atoms with Gasteiger partial charge in [0.05, 0.1) is 18.8 Å². The summed E-state index contributed by atoms with van der Waals surface area (Å²) in [6, 6.07) is -0.534. The third-order valence-electron chi connectivity index (χ3n) is 4.77. The van der Waals surface area contributed by atoms with Crippen molar-refractivity contribution in [3.05, 3.63) is 12.2 Å². The molecule has 0 bridgehead atoms. The number of hydrogen-bond acceptors (Lipinski definition) is 5. The Morgan fingerprint density at radius 2 is 1.48 bits per heavy atom. The Labute approximate surface area is 166 Å². The fourth-order valence-corrected chi connectivity index (χ4v) is 3.36. The second-order valence-electron chi connectivity index (χ2n) is 7.54. The molecule has 162 valence electrons. The van der Waals surface area contributed by atoms with Crippen LogP contribution in [0.25, 0.3) is 0 Å². The van der Waals surface area contributed by atoms with Gasteiger partial charge in [-0.1, -0.05) is 83.3 Å². The molecule has 0 aliphatic heterocycles. The first-order valence-electron chi connectivity index (χ1n) is 10.5. The minimum absolute atomic E-state index is 0.284. The number of phosphoric ester groups is 1. The van der Waals surface area contributed by atoms with Crippen molar-refractivity contribution in [2.45, 2.75) is 96.1 Å². The summed E-state index contributed by atoms with van der Waals surface area (Å²) in [5.74, 6) is 0. The van der Waals surface area contributed by atoms with Crippen LogP contribution in [0.4, 0.5) is 0 Å². The van der Waals surface area contributed by atoms with Crippen LogP contribution in [0, 0.1) is 0 Å². The van der Waals surface area contributed by atoms with Crippen LogP contribution in [0.3, 0.4) is 0 Å². The molecule has 0 aliphatic carbocycles. The van der Waals surface area contributed by atoms with Crippen LogP contribution in [0.15, 0.2) is 12.2 Å². The fourth-order valence-electron chi connectivity index (χ4n) is 3.01. The zero-order chi connectivity index (χ0) is 20.5. The van der Waals surface area contributed by atoms with Crippen LogP contribution >= 0.6 is 7.82 Å². The molecule has 3 atom stereocenters. The van der Waals surface area contributed by atoms with Crippen molar-refractivity contribution < 1.29 is 24.0 Å². The highest BCUT2D eigenvalue weighted by atomic mass is 31.2. The van der Waals surface area contributed by atoms with E-state index in [1.165, 1.54) is 64.2 Å². The van der Waals surface area contributed by atoms with Gasteiger partial charge in [0, 0.05) is 0 Å². The average Bonchev–Trinajstić information content (AvgIpc) is 2.57. The molecule has 0 radical (unpaired) electrons. The summed E-state index contributed by atoms with van der Waals surface area (Å²) in [7, 11) is -1.32. The third kappa shape index (κ3) is 17.6. The lowest BCUT2D eigenvalue weighted by Gasteiger charge is -2.29. The summed E-state index contributed by atoms with van der Waals surface area (Å²) >= 11 is 0. The number of nitrogens with zero attached hydrogens (tertiary/aromatic N) is 1. The summed E-state index contributed by atoms with van der Waals surface area (Å²) in [5, 5.41) is 10.2. The van der Waals surface area contributed by atoms with Gasteiger partial charge in [0.2, 0.25) is 0 Å². The van der Waals surface area contributed by atoms with Gasteiger partial charge in [0.15, 0.2) is 0 Å². The van der Waals surface area contributed by atoms with Gasteiger partial charge in [0.1, 0.15) is 0 Å². The molecule has 1 unspecified atom stereocenters. The number of aliphatic hydroxyl groups excluding tert-OH is 1. The molecule has 27 heavy (non-hydrogen) atoms. The number of aliphatic hydroxyl groups is 1. The minimum atomic E-state index is -4.77. The minimum Gasteiger partial charge on any atom is -0.756 e. The molecule has 0 aromatic heterocycles. The Morgan fingerprint density at radius 3 is 1.93 bits per heavy atom. The summed E-state index contributed by atoms with van der Waals surface area (Å²) < 4.78 is 15.1. The predicted octanol–water partition coefficient (Wildman–Crippen LogP) is 4.01. The van der Waals surface area contributed by atoms with Crippen molar-refractivity contribution in [3.8, 4) is 0 Å². The Balaban J connectivity index is 3.74. The summed E-state index contributed by atoms with van der Waals surface area (Å²) in [6.45, 7) is 1.96. The number of rotatable bonds is 18. The van der Waals surface area contributed by atoms with E-state index in [1.807, 2.05) is 6.08 Å². The van der Waals surface area contributed by atoms with Crippen molar-refractivity contribution in [3.63, 3.8) is 0 Å². The van der Waals surface area contributed by atoms with Gasteiger partial charge in [0.25, 0.3) is 7.82 Å². The zero-order valence-corrected chi connectivity index (χ0v) is 18.4. The molecule has 7 heteroatoms. The molecule has 0 saturated carbocycles. The molecule has 0 heterocycles. The Kier molecular flexibility index (Phi) is 16.6. The van der Waals surface area contributed by atoms with Gasteiger partial charge >= 0.3 is 0 Å². The van der Waals surface area contributed by atoms with Crippen LogP contribution in [0.2, 0.25) is 0 Å². The van der Waals surface area contributed by atoms with Gasteiger partial charge in [-0.15, -0.1) is 0 Å². The molecular formula is C20H41NO5P-. The van der Waals surface area contributed by atoms with Crippen LogP contribution in [0.1, 0.15) is 84.0 Å². The van der Waals surface area contributed by atoms with E-state index < -0.39 is 20.0 Å². The van der Waals surface area contributed by atoms with E-state index in [4.69, 9.17) is 4.89 Å². The second-order valence-corrected chi connectivity index (χ2v) is 8.73.